The number of rotatable bonds is 4. The third-order valence-corrected chi connectivity index (χ3v) is 3.22. The molecule has 0 aliphatic heterocycles. The highest BCUT2D eigenvalue weighted by Crippen LogP contribution is 2.19. The Labute approximate surface area is 122 Å². The third-order valence-electron chi connectivity index (χ3n) is 2.72. The number of nitrogens with one attached hydrogen (secondary N) is 1. The third kappa shape index (κ3) is 3.33. The molecule has 0 saturated heterocycles. The molecule has 20 heavy (non-hydrogen) atoms. The van der Waals surface area contributed by atoms with Crippen molar-refractivity contribution in [1.82, 2.24) is 0 Å². The van der Waals surface area contributed by atoms with E-state index in [1.54, 1.807) is 12.1 Å². The molecule has 0 saturated carbocycles. The van der Waals surface area contributed by atoms with Gasteiger partial charge in [-0.05, 0) is 36.4 Å². The number of carbonyl (C=O) groups is 1. The van der Waals surface area contributed by atoms with Gasteiger partial charge in [0.2, 0.25) is 0 Å². The number of benzene rings is 2. The van der Waals surface area contributed by atoms with Crippen LogP contribution in [0.2, 0.25) is 0 Å². The van der Waals surface area contributed by atoms with Gasteiger partial charge in [0.1, 0.15) is 11.6 Å². The average Bonchev–Trinajstić information content (AvgIpc) is 2.41. The predicted molar refractivity (Wildman–Crippen MR) is 76.3 cm³/mol. The Morgan fingerprint density at radius 3 is 2.55 bits per heavy atom. The average molecular weight is 341 g/mol. The number of carbonyl (C=O) groups excluding carboxylic acids is 1. The van der Waals surface area contributed by atoms with E-state index in [0.29, 0.717) is 11.3 Å². The molecule has 2 rings (SSSR count). The van der Waals surface area contributed by atoms with E-state index in [9.17, 15) is 13.6 Å². The van der Waals surface area contributed by atoms with E-state index in [1.165, 1.54) is 18.2 Å². The zero-order valence-corrected chi connectivity index (χ0v) is 11.9. The first-order chi connectivity index (χ1) is 9.47. The Kier molecular flexibility index (Phi) is 4.34. The van der Waals surface area contributed by atoms with Crippen LogP contribution in [-0.4, -0.2) is 5.91 Å². The fourth-order valence-corrected chi connectivity index (χ4v) is 2.11. The minimum atomic E-state index is -0.847. The van der Waals surface area contributed by atoms with Crippen LogP contribution in [-0.2, 0) is 6.54 Å². The zero-order chi connectivity index (χ0) is 14.7. The van der Waals surface area contributed by atoms with Crippen molar-refractivity contribution in [3.8, 4) is 0 Å². The summed E-state index contributed by atoms with van der Waals surface area (Å²) >= 11 is 3.26. The second-order valence-corrected chi connectivity index (χ2v) is 5.06. The van der Waals surface area contributed by atoms with Crippen molar-refractivity contribution in [2.24, 2.45) is 5.73 Å². The fourth-order valence-electron chi connectivity index (χ4n) is 1.70. The van der Waals surface area contributed by atoms with Crippen LogP contribution in [0.1, 0.15) is 15.9 Å². The molecule has 0 heterocycles. The van der Waals surface area contributed by atoms with Gasteiger partial charge in [0.05, 0.1) is 5.56 Å². The predicted octanol–water partition coefficient (Wildman–Crippen LogP) is 3.44. The molecule has 0 unspecified atom stereocenters. The van der Waals surface area contributed by atoms with Gasteiger partial charge >= 0.3 is 0 Å². The number of hydrogen-bond donors (Lipinski definition) is 2. The lowest BCUT2D eigenvalue weighted by Crippen LogP contribution is -2.13. The van der Waals surface area contributed by atoms with Crippen molar-refractivity contribution >= 4 is 27.5 Å². The van der Waals surface area contributed by atoms with Crippen LogP contribution in [0.25, 0.3) is 0 Å². The van der Waals surface area contributed by atoms with Crippen LogP contribution >= 0.6 is 15.9 Å². The van der Waals surface area contributed by atoms with Crippen LogP contribution in [0.4, 0.5) is 14.5 Å². The number of primary amides is 1. The Morgan fingerprint density at radius 1 is 1.15 bits per heavy atom. The van der Waals surface area contributed by atoms with Gasteiger partial charge in [-0.2, -0.15) is 0 Å². The number of nitrogens with two attached hydrogens (primary N) is 1. The molecular formula is C14H11BrF2N2O. The first-order valence-corrected chi connectivity index (χ1v) is 6.54. The second kappa shape index (κ2) is 6.00. The molecule has 0 fully saturated rings. The van der Waals surface area contributed by atoms with Gasteiger partial charge in [-0.25, -0.2) is 8.78 Å². The zero-order valence-electron chi connectivity index (χ0n) is 10.3. The molecule has 6 heteroatoms. The van der Waals surface area contributed by atoms with E-state index in [4.69, 9.17) is 5.73 Å². The number of hydrogen-bond acceptors (Lipinski definition) is 2. The molecule has 2 aromatic carbocycles. The Balaban J connectivity index is 2.17. The molecule has 3 N–H and O–H groups in total. The van der Waals surface area contributed by atoms with Crippen LogP contribution < -0.4 is 11.1 Å². The minimum absolute atomic E-state index is 0.203. The molecule has 0 aliphatic carbocycles. The van der Waals surface area contributed by atoms with Gasteiger partial charge in [-0.1, -0.05) is 15.9 Å². The molecule has 0 aromatic heterocycles. The van der Waals surface area contributed by atoms with Gasteiger partial charge < -0.3 is 11.1 Å². The summed E-state index contributed by atoms with van der Waals surface area (Å²) in [5, 5.41) is 2.92. The van der Waals surface area contributed by atoms with Gasteiger partial charge in [0.25, 0.3) is 5.91 Å². The topological polar surface area (TPSA) is 55.1 Å². The van der Waals surface area contributed by atoms with Crippen LogP contribution in [0.15, 0.2) is 40.9 Å². The summed E-state index contributed by atoms with van der Waals surface area (Å²) in [6, 6.07) is 8.48. The SMILES string of the molecule is NC(=O)c1cc(NCc2cc(Br)ccc2F)ccc1F. The van der Waals surface area contributed by atoms with E-state index in [2.05, 4.69) is 21.2 Å². The van der Waals surface area contributed by atoms with E-state index < -0.39 is 11.7 Å². The normalized spacial score (nSPS) is 10.3. The highest BCUT2D eigenvalue weighted by Gasteiger charge is 2.09. The summed E-state index contributed by atoms with van der Waals surface area (Å²) in [5.74, 6) is -1.88. The smallest absolute Gasteiger partial charge is 0.251 e. The van der Waals surface area contributed by atoms with Gasteiger partial charge in [-0.3, -0.25) is 4.79 Å². The standard InChI is InChI=1S/C14H11BrF2N2O/c15-9-1-3-12(16)8(5-9)7-19-10-2-4-13(17)11(6-10)14(18)20/h1-6,19H,7H2,(H2,18,20). The van der Waals surface area contributed by atoms with Crippen molar-refractivity contribution in [2.75, 3.05) is 5.32 Å². The molecule has 0 atom stereocenters. The van der Waals surface area contributed by atoms with Gasteiger partial charge in [0.15, 0.2) is 0 Å². The number of halogens is 3. The molecule has 0 aliphatic rings. The summed E-state index contributed by atoms with van der Waals surface area (Å²) < 4.78 is 27.6. The van der Waals surface area contributed by atoms with Crippen molar-refractivity contribution < 1.29 is 13.6 Å². The maximum absolute atomic E-state index is 13.5. The van der Waals surface area contributed by atoms with Crippen molar-refractivity contribution in [3.05, 3.63) is 63.6 Å². The quantitative estimate of drug-likeness (QED) is 0.895. The first kappa shape index (κ1) is 14.5. The minimum Gasteiger partial charge on any atom is -0.381 e. The number of amides is 1. The summed E-state index contributed by atoms with van der Waals surface area (Å²) in [6.07, 6.45) is 0. The van der Waals surface area contributed by atoms with Crippen molar-refractivity contribution in [2.45, 2.75) is 6.54 Å². The molecule has 0 spiro atoms. The second-order valence-electron chi connectivity index (χ2n) is 4.15. The summed E-state index contributed by atoms with van der Waals surface area (Å²) in [6.45, 7) is 0.203. The summed E-state index contributed by atoms with van der Waals surface area (Å²) in [7, 11) is 0. The monoisotopic (exact) mass is 340 g/mol. The number of anilines is 1. The van der Waals surface area contributed by atoms with E-state index in [1.807, 2.05) is 0 Å². The fraction of sp³-hybridized carbons (Fsp3) is 0.0714. The summed E-state index contributed by atoms with van der Waals surface area (Å²) in [4.78, 5) is 11.0. The van der Waals surface area contributed by atoms with Crippen LogP contribution in [0.5, 0.6) is 0 Å². The molecule has 2 aromatic rings. The molecular weight excluding hydrogens is 330 g/mol. The lowest BCUT2D eigenvalue weighted by molar-refractivity contribution is 0.0996. The van der Waals surface area contributed by atoms with Gasteiger partial charge in [0, 0.05) is 22.3 Å². The summed E-state index contributed by atoms with van der Waals surface area (Å²) in [5.41, 5.74) is 5.79. The van der Waals surface area contributed by atoms with Crippen molar-refractivity contribution in [1.29, 1.82) is 0 Å². The highest BCUT2D eigenvalue weighted by molar-refractivity contribution is 9.10. The lowest BCUT2D eigenvalue weighted by Gasteiger charge is -2.09. The molecule has 104 valence electrons. The van der Waals surface area contributed by atoms with Crippen LogP contribution in [0.3, 0.4) is 0 Å². The largest absolute Gasteiger partial charge is 0.381 e. The molecule has 1 amide bonds. The van der Waals surface area contributed by atoms with Crippen LogP contribution in [0, 0.1) is 11.6 Å². The first-order valence-electron chi connectivity index (χ1n) is 5.74. The maximum Gasteiger partial charge on any atom is 0.251 e. The van der Waals surface area contributed by atoms with E-state index in [-0.39, 0.29) is 17.9 Å². The molecule has 0 radical (unpaired) electrons. The molecule has 3 nitrogen and oxygen atoms in total. The van der Waals surface area contributed by atoms with Gasteiger partial charge in [-0.15, -0.1) is 0 Å². The Bertz CT molecular complexity index is 662. The van der Waals surface area contributed by atoms with E-state index in [0.717, 1.165) is 10.5 Å². The highest BCUT2D eigenvalue weighted by atomic mass is 79.9. The van der Waals surface area contributed by atoms with Crippen molar-refractivity contribution in [3.63, 3.8) is 0 Å². The Morgan fingerprint density at radius 2 is 1.85 bits per heavy atom. The lowest BCUT2D eigenvalue weighted by atomic mass is 10.1. The Hall–Kier alpha value is -1.95. The maximum atomic E-state index is 13.5. The molecule has 0 bridgehead atoms. The van der Waals surface area contributed by atoms with E-state index >= 15 is 0 Å².